The first-order valence-corrected chi connectivity index (χ1v) is 12.3. The lowest BCUT2D eigenvalue weighted by Gasteiger charge is -2.35. The molecule has 2 N–H and O–H groups in total. The highest BCUT2D eigenvalue weighted by atomic mass is 19.4. The van der Waals surface area contributed by atoms with Crippen LogP contribution in [0.2, 0.25) is 0 Å². The average molecular weight is 520 g/mol. The maximum atomic E-state index is 13.5. The summed E-state index contributed by atoms with van der Waals surface area (Å²) in [4.78, 5) is 35.5. The molecule has 0 unspecified atom stereocenters. The molecule has 0 spiro atoms. The molecular formula is C27H26F5N3O2. The van der Waals surface area contributed by atoms with Crippen molar-refractivity contribution in [2.45, 2.75) is 69.4 Å². The SMILES string of the molecule is Cc1[nH]c(-c2cnc(C3CC(F)(F)C3)cc2C2CCC(C(F)(F)F)CC2)cc(=O)c1-c1ccc[nH]c1=O. The Morgan fingerprint density at radius 2 is 1.70 bits per heavy atom. The van der Waals surface area contributed by atoms with Crippen molar-refractivity contribution in [1.29, 1.82) is 0 Å². The third kappa shape index (κ3) is 4.98. The van der Waals surface area contributed by atoms with Gasteiger partial charge in [0.15, 0.2) is 5.43 Å². The largest absolute Gasteiger partial charge is 0.391 e. The molecule has 0 aromatic carbocycles. The number of halogens is 5. The highest BCUT2D eigenvalue weighted by Crippen LogP contribution is 2.50. The number of rotatable bonds is 4. The van der Waals surface area contributed by atoms with Gasteiger partial charge in [0.05, 0.1) is 22.7 Å². The Kier molecular flexibility index (Phi) is 6.32. The molecule has 196 valence electrons. The van der Waals surface area contributed by atoms with E-state index in [-0.39, 0.29) is 42.7 Å². The molecular weight excluding hydrogens is 493 g/mol. The Labute approximate surface area is 209 Å². The maximum absolute atomic E-state index is 13.5. The van der Waals surface area contributed by atoms with E-state index in [1.165, 1.54) is 18.5 Å². The minimum absolute atomic E-state index is 0.0158. The number of alkyl halides is 5. The van der Waals surface area contributed by atoms with E-state index in [9.17, 15) is 31.5 Å². The Bertz CT molecular complexity index is 1430. The fourth-order valence-corrected chi connectivity index (χ4v) is 5.66. The molecule has 0 atom stereocenters. The van der Waals surface area contributed by atoms with Crippen LogP contribution in [0.5, 0.6) is 0 Å². The molecule has 2 saturated carbocycles. The average Bonchev–Trinajstić information content (AvgIpc) is 2.82. The van der Waals surface area contributed by atoms with Crippen LogP contribution in [0.25, 0.3) is 22.4 Å². The minimum atomic E-state index is -4.25. The van der Waals surface area contributed by atoms with Gasteiger partial charge < -0.3 is 9.97 Å². The smallest absolute Gasteiger partial charge is 0.358 e. The summed E-state index contributed by atoms with van der Waals surface area (Å²) in [5, 5.41) is 0. The Balaban J connectivity index is 1.55. The van der Waals surface area contributed by atoms with Crippen molar-refractivity contribution >= 4 is 0 Å². The van der Waals surface area contributed by atoms with Gasteiger partial charge in [-0.2, -0.15) is 13.2 Å². The summed E-state index contributed by atoms with van der Waals surface area (Å²) in [6, 6.07) is 6.25. The number of aromatic amines is 2. The third-order valence-corrected chi connectivity index (χ3v) is 7.69. The Morgan fingerprint density at radius 1 is 1.00 bits per heavy atom. The van der Waals surface area contributed by atoms with E-state index in [1.54, 1.807) is 25.1 Å². The summed E-state index contributed by atoms with van der Waals surface area (Å²) in [7, 11) is 0. The van der Waals surface area contributed by atoms with E-state index in [1.807, 2.05) is 0 Å². The molecule has 5 nitrogen and oxygen atoms in total. The number of aromatic nitrogens is 3. The van der Waals surface area contributed by atoms with Gasteiger partial charge in [0.1, 0.15) is 0 Å². The highest BCUT2D eigenvalue weighted by molar-refractivity contribution is 5.70. The number of nitrogens with zero attached hydrogens (tertiary/aromatic N) is 1. The molecule has 0 saturated heterocycles. The molecule has 2 aliphatic carbocycles. The second kappa shape index (κ2) is 9.22. The van der Waals surface area contributed by atoms with Crippen LogP contribution in [0.1, 0.15) is 67.3 Å². The molecule has 3 heterocycles. The second-order valence-electron chi connectivity index (χ2n) is 10.2. The minimum Gasteiger partial charge on any atom is -0.358 e. The fraction of sp³-hybridized carbons (Fsp3) is 0.444. The van der Waals surface area contributed by atoms with Crippen LogP contribution in [0.3, 0.4) is 0 Å². The van der Waals surface area contributed by atoms with Crippen molar-refractivity contribution in [3.8, 4) is 22.4 Å². The molecule has 10 heteroatoms. The summed E-state index contributed by atoms with van der Waals surface area (Å²) in [5.41, 5.74) is 2.27. The summed E-state index contributed by atoms with van der Waals surface area (Å²) in [6.45, 7) is 1.67. The third-order valence-electron chi connectivity index (χ3n) is 7.69. The van der Waals surface area contributed by atoms with Crippen LogP contribution in [0, 0.1) is 12.8 Å². The van der Waals surface area contributed by atoms with Crippen molar-refractivity contribution in [2.24, 2.45) is 5.92 Å². The predicted molar refractivity (Wildman–Crippen MR) is 129 cm³/mol. The summed E-state index contributed by atoms with van der Waals surface area (Å²) >= 11 is 0. The first-order valence-electron chi connectivity index (χ1n) is 12.3. The van der Waals surface area contributed by atoms with Gasteiger partial charge in [-0.15, -0.1) is 0 Å². The number of nitrogens with one attached hydrogen (secondary N) is 2. The van der Waals surface area contributed by atoms with Crippen molar-refractivity contribution in [3.63, 3.8) is 0 Å². The van der Waals surface area contributed by atoms with E-state index < -0.39 is 34.9 Å². The first kappa shape index (κ1) is 25.4. The molecule has 0 aliphatic heterocycles. The van der Waals surface area contributed by atoms with Crippen LogP contribution in [-0.2, 0) is 0 Å². The van der Waals surface area contributed by atoms with Gasteiger partial charge in [-0.25, -0.2) is 8.78 Å². The zero-order valence-electron chi connectivity index (χ0n) is 20.1. The number of pyridine rings is 3. The Hall–Kier alpha value is -3.30. The Morgan fingerprint density at radius 3 is 2.30 bits per heavy atom. The van der Waals surface area contributed by atoms with Gasteiger partial charge in [0.25, 0.3) is 5.56 Å². The zero-order chi connectivity index (χ0) is 26.5. The van der Waals surface area contributed by atoms with Crippen molar-refractivity contribution in [1.82, 2.24) is 15.0 Å². The number of H-pyrrole nitrogens is 2. The molecule has 0 radical (unpaired) electrons. The molecule has 3 aromatic rings. The standard InChI is InChI=1S/C27H26F5N3O2/c1-14-24(18-3-2-8-33-25(18)37)23(36)10-22(35-14)20-13-34-21(16-11-26(28,29)12-16)9-19(20)15-4-6-17(7-5-15)27(30,31)32/h2-3,8-10,13,15-17H,4-7,11-12H2,1H3,(H,33,37)(H,35,36). The molecule has 5 rings (SSSR count). The molecule has 0 amide bonds. The lowest BCUT2D eigenvalue weighted by atomic mass is 9.74. The molecule has 2 aliphatic rings. The molecule has 2 fully saturated rings. The summed E-state index contributed by atoms with van der Waals surface area (Å²) in [5.74, 6) is -4.73. The lowest BCUT2D eigenvalue weighted by Crippen LogP contribution is -2.34. The van der Waals surface area contributed by atoms with Gasteiger partial charge >= 0.3 is 6.18 Å². The molecule has 3 aromatic heterocycles. The van der Waals surface area contributed by atoms with E-state index in [4.69, 9.17) is 0 Å². The van der Waals surface area contributed by atoms with E-state index >= 15 is 0 Å². The second-order valence-corrected chi connectivity index (χ2v) is 10.2. The zero-order valence-corrected chi connectivity index (χ0v) is 20.1. The monoisotopic (exact) mass is 519 g/mol. The van der Waals surface area contributed by atoms with E-state index in [0.717, 1.165) is 0 Å². The quantitative estimate of drug-likeness (QED) is 0.389. The van der Waals surface area contributed by atoms with Crippen LogP contribution in [-0.4, -0.2) is 27.1 Å². The maximum Gasteiger partial charge on any atom is 0.391 e. The molecule has 0 bridgehead atoms. The summed E-state index contributed by atoms with van der Waals surface area (Å²) < 4.78 is 66.8. The van der Waals surface area contributed by atoms with Crippen LogP contribution in [0.4, 0.5) is 22.0 Å². The van der Waals surface area contributed by atoms with Gasteiger partial charge in [0.2, 0.25) is 5.92 Å². The van der Waals surface area contributed by atoms with Crippen molar-refractivity contribution in [2.75, 3.05) is 0 Å². The van der Waals surface area contributed by atoms with Gasteiger partial charge in [-0.05, 0) is 62.3 Å². The number of hydrogen-bond donors (Lipinski definition) is 2. The van der Waals surface area contributed by atoms with Gasteiger partial charge in [-0.1, -0.05) is 0 Å². The van der Waals surface area contributed by atoms with Crippen LogP contribution < -0.4 is 11.0 Å². The fourth-order valence-electron chi connectivity index (χ4n) is 5.66. The van der Waals surface area contributed by atoms with Crippen molar-refractivity contribution < 1.29 is 22.0 Å². The molecule has 37 heavy (non-hydrogen) atoms. The predicted octanol–water partition coefficient (Wildman–Crippen LogP) is 6.45. The lowest BCUT2D eigenvalue weighted by molar-refractivity contribution is -0.182. The first-order chi connectivity index (χ1) is 17.4. The highest BCUT2D eigenvalue weighted by Gasteiger charge is 2.47. The number of aryl methyl sites for hydroxylation is 1. The van der Waals surface area contributed by atoms with Crippen LogP contribution >= 0.6 is 0 Å². The number of hydrogen-bond acceptors (Lipinski definition) is 3. The topological polar surface area (TPSA) is 78.6 Å². The van der Waals surface area contributed by atoms with Crippen LogP contribution in [0.15, 0.2) is 46.2 Å². The normalized spacial score (nSPS) is 22.0. The van der Waals surface area contributed by atoms with Crippen molar-refractivity contribution in [3.05, 3.63) is 74.2 Å². The summed E-state index contributed by atoms with van der Waals surface area (Å²) in [6.07, 6.45) is -1.32. The van der Waals surface area contributed by atoms with Gasteiger partial charge in [-0.3, -0.25) is 14.6 Å². The van der Waals surface area contributed by atoms with E-state index in [0.29, 0.717) is 41.1 Å². The van der Waals surface area contributed by atoms with Gasteiger partial charge in [0, 0.05) is 54.2 Å². The van der Waals surface area contributed by atoms with E-state index in [2.05, 4.69) is 15.0 Å².